The topological polar surface area (TPSA) is 0 Å². The lowest BCUT2D eigenvalue weighted by Gasteiger charge is -2.12. The van der Waals surface area contributed by atoms with Crippen molar-refractivity contribution >= 4 is 0 Å². The highest BCUT2D eigenvalue weighted by Gasteiger charge is 2.41. The first-order valence-electron chi connectivity index (χ1n) is 35.7. The summed E-state index contributed by atoms with van der Waals surface area (Å²) >= 11 is 0. The van der Waals surface area contributed by atoms with Crippen LogP contribution in [0.15, 0.2) is 0 Å². The van der Waals surface area contributed by atoms with Gasteiger partial charge in [-0.1, -0.05) is 332 Å². The zero-order valence-electron chi connectivity index (χ0n) is 62.4. The van der Waals surface area contributed by atoms with E-state index in [0.29, 0.717) is 16.2 Å². The molecule has 0 aromatic rings. The van der Waals surface area contributed by atoms with Crippen molar-refractivity contribution in [3.8, 4) is 0 Å². The molecule has 0 nitrogen and oxygen atoms in total. The summed E-state index contributed by atoms with van der Waals surface area (Å²) in [6.07, 6.45) is 32.7. The monoisotopic (exact) mass is 1100 g/mol. The first kappa shape index (κ1) is 86.8. The van der Waals surface area contributed by atoms with E-state index in [1.165, 1.54) is 148 Å². The van der Waals surface area contributed by atoms with E-state index in [9.17, 15) is 0 Å². The minimum absolute atomic E-state index is 0.542. The average molecular weight is 1100 g/mol. The van der Waals surface area contributed by atoms with Crippen LogP contribution in [-0.2, 0) is 0 Å². The van der Waals surface area contributed by atoms with Gasteiger partial charge in [0.15, 0.2) is 0 Å². The van der Waals surface area contributed by atoms with Crippen LogP contribution in [0.3, 0.4) is 0 Å². The number of rotatable bonds is 12. The molecule has 0 heteroatoms. The highest BCUT2D eigenvalue weighted by molar-refractivity contribution is 4.91. The predicted molar refractivity (Wildman–Crippen MR) is 369 cm³/mol. The van der Waals surface area contributed by atoms with Crippen LogP contribution in [0.25, 0.3) is 0 Å². The molecule has 0 bridgehead atoms. The molecule has 0 heterocycles. The lowest BCUT2D eigenvalue weighted by Crippen LogP contribution is -2.00. The summed E-state index contributed by atoms with van der Waals surface area (Å²) in [7, 11) is 0. The molecule has 0 spiro atoms. The molecule has 8 fully saturated rings. The third kappa shape index (κ3) is 65.2. The second kappa shape index (κ2) is 46.3. The van der Waals surface area contributed by atoms with Gasteiger partial charge in [-0.05, 0) is 174 Å². The molecule has 8 rings (SSSR count). The molecule has 0 N–H and O–H groups in total. The highest BCUT2D eigenvalue weighted by Crippen LogP contribution is 2.51. The third-order valence-corrected chi connectivity index (χ3v) is 20.5. The van der Waals surface area contributed by atoms with E-state index < -0.39 is 0 Å². The maximum atomic E-state index is 2.35. The van der Waals surface area contributed by atoms with Gasteiger partial charge in [0.2, 0.25) is 0 Å². The Labute approximate surface area is 503 Å². The fourth-order valence-electron chi connectivity index (χ4n) is 7.15. The van der Waals surface area contributed by atoms with Gasteiger partial charge in [0.25, 0.3) is 0 Å². The smallest absolute Gasteiger partial charge is 0.0326 e. The normalized spacial score (nSPS) is 25.7. The van der Waals surface area contributed by atoms with Crippen LogP contribution in [0.1, 0.15) is 390 Å². The van der Waals surface area contributed by atoms with E-state index >= 15 is 0 Å². The summed E-state index contributed by atoms with van der Waals surface area (Å²) in [4.78, 5) is 0. The summed E-state index contributed by atoms with van der Waals surface area (Å²) < 4.78 is 0. The number of hydrogen-bond acceptors (Lipinski definition) is 0. The van der Waals surface area contributed by atoms with Gasteiger partial charge in [-0.2, -0.15) is 0 Å². The second-order valence-electron chi connectivity index (χ2n) is 33.0. The minimum atomic E-state index is 0.542. The standard InChI is InChI=1S/8C6H12.5C6H14/c1-5-4-6(5,2)3;1-5(2)6-3-4-6;1-4-5(2)6(4)3;2*1-3-6(2)4-5-6;2*1-3-6-4-5(6)2;1-2-3-6-4-5-6;2*1-5-6(2,3)4;1-5(2)6(3)4;1-4-5-6(2)3;1-4-6(3)5-2/h5H,4H2,1-3H3;5-6H,3-4H2,1-2H3;4-6H,1-3H3;2*3-5H2,1-2H3;2*5-6H,3-4H2,1-2H3;6H,2-5H2,1H3;2*5H2,1-4H3;5-6H,1-4H3;2*6H,4-5H2,1-3H3/t5-;;;;;5-,6?;;;;;;;/m0....0......./s1. The molecule has 0 saturated heterocycles. The fourth-order valence-corrected chi connectivity index (χ4v) is 7.15. The molecular formula is C78H166. The van der Waals surface area contributed by atoms with Crippen LogP contribution in [0, 0.1) is 116 Å². The third-order valence-electron chi connectivity index (χ3n) is 20.5. The Morgan fingerprint density at radius 2 is 0.744 bits per heavy atom. The SMILES string of the molecule is CC(C)C(C)C.CC(C)C1CC1.CC1C(C)C1C.CCC(C)(C)C.CCC(C)(C)C.CCC(C)CC.CCC1(C)CC1.CCC1(C)CC1.CCC1CC1C.CCC1C[C@@H]1C.CCCC(C)C.CCCC1CC1.C[C@H]1CC1(C)C. The van der Waals surface area contributed by atoms with Gasteiger partial charge in [0.05, 0.1) is 0 Å². The van der Waals surface area contributed by atoms with Gasteiger partial charge in [-0.3, -0.25) is 0 Å². The van der Waals surface area contributed by atoms with Crippen molar-refractivity contribution in [1.29, 1.82) is 0 Å². The van der Waals surface area contributed by atoms with E-state index in [0.717, 1.165) is 99.6 Å². The summed E-state index contributed by atoms with van der Waals surface area (Å²) in [5, 5.41) is 0. The van der Waals surface area contributed by atoms with Gasteiger partial charge in [-0.15, -0.1) is 0 Å². The molecule has 3 unspecified atom stereocenters. The van der Waals surface area contributed by atoms with Crippen LogP contribution in [0.4, 0.5) is 0 Å². The maximum absolute atomic E-state index is 2.35. The van der Waals surface area contributed by atoms with Gasteiger partial charge < -0.3 is 0 Å². The largest absolute Gasteiger partial charge is 0.0654 e. The highest BCUT2D eigenvalue weighted by atomic mass is 14.5. The van der Waals surface area contributed by atoms with Crippen LogP contribution in [0.2, 0.25) is 0 Å². The quantitative estimate of drug-likeness (QED) is 0.183. The van der Waals surface area contributed by atoms with E-state index in [-0.39, 0.29) is 0 Å². The Bertz CT molecular complexity index is 1110. The van der Waals surface area contributed by atoms with Gasteiger partial charge in [-0.25, -0.2) is 0 Å². The van der Waals surface area contributed by atoms with Crippen LogP contribution in [0.5, 0.6) is 0 Å². The van der Waals surface area contributed by atoms with Crippen molar-refractivity contribution in [1.82, 2.24) is 0 Å². The molecule has 478 valence electrons. The molecule has 8 aliphatic carbocycles. The van der Waals surface area contributed by atoms with Crippen molar-refractivity contribution < 1.29 is 0 Å². The van der Waals surface area contributed by atoms with Crippen LogP contribution in [-0.4, -0.2) is 0 Å². The molecule has 8 saturated carbocycles. The predicted octanol–water partition coefficient (Wildman–Crippen LogP) is 28.8. The van der Waals surface area contributed by atoms with Gasteiger partial charge >= 0.3 is 0 Å². The van der Waals surface area contributed by atoms with E-state index in [4.69, 9.17) is 0 Å². The molecule has 0 aliphatic heterocycles. The molecule has 0 radical (unpaired) electrons. The van der Waals surface area contributed by atoms with E-state index in [1.54, 1.807) is 0 Å². The zero-order chi connectivity index (χ0) is 62.4. The molecule has 0 aromatic carbocycles. The summed E-state index contributed by atoms with van der Waals surface area (Å²) in [6, 6.07) is 0. The van der Waals surface area contributed by atoms with E-state index in [2.05, 4.69) is 242 Å². The number of hydrogen-bond donors (Lipinski definition) is 0. The van der Waals surface area contributed by atoms with Crippen molar-refractivity contribution in [3.63, 3.8) is 0 Å². The molecule has 5 atom stereocenters. The van der Waals surface area contributed by atoms with Crippen LogP contribution >= 0.6 is 0 Å². The lowest BCUT2D eigenvalue weighted by molar-refractivity contribution is 0.397. The fraction of sp³-hybridized carbons (Fsp3) is 1.00. The average Bonchev–Trinajstić information content (AvgIpc) is 4.17. The zero-order valence-corrected chi connectivity index (χ0v) is 62.4. The molecule has 0 amide bonds. The second-order valence-corrected chi connectivity index (χ2v) is 33.0. The van der Waals surface area contributed by atoms with Gasteiger partial charge in [0, 0.05) is 0 Å². The molecular weight excluding hydrogens is 937 g/mol. The summed E-state index contributed by atoms with van der Waals surface area (Å²) in [6.45, 7) is 79.5. The van der Waals surface area contributed by atoms with Crippen molar-refractivity contribution in [3.05, 3.63) is 0 Å². The maximum Gasteiger partial charge on any atom is -0.0326 e. The Hall–Kier alpha value is 0. The summed E-state index contributed by atoms with van der Waals surface area (Å²) in [5.74, 6) is 15.1. The first-order valence-corrected chi connectivity index (χ1v) is 35.7. The molecule has 8 aliphatic rings. The van der Waals surface area contributed by atoms with Crippen LogP contribution < -0.4 is 0 Å². The first-order chi connectivity index (χ1) is 35.7. The van der Waals surface area contributed by atoms with Crippen molar-refractivity contribution in [2.45, 2.75) is 390 Å². The molecule has 78 heavy (non-hydrogen) atoms. The minimum Gasteiger partial charge on any atom is -0.0654 e. The molecule has 0 aromatic heterocycles. The summed E-state index contributed by atoms with van der Waals surface area (Å²) in [5.41, 5.74) is 3.38. The Morgan fingerprint density at radius 1 is 0.462 bits per heavy atom. The Kier molecular flexibility index (Phi) is 51.5. The Morgan fingerprint density at radius 3 is 0.756 bits per heavy atom. The Balaban J connectivity index is -0.000000247. The van der Waals surface area contributed by atoms with E-state index in [1.807, 2.05) is 0 Å². The van der Waals surface area contributed by atoms with Crippen molar-refractivity contribution in [2.75, 3.05) is 0 Å². The van der Waals surface area contributed by atoms with Crippen molar-refractivity contribution in [2.24, 2.45) is 116 Å². The van der Waals surface area contributed by atoms with Gasteiger partial charge in [0.1, 0.15) is 0 Å². The lowest BCUT2D eigenvalue weighted by atomic mass is 9.94.